The van der Waals surface area contributed by atoms with Gasteiger partial charge in [0, 0.05) is 16.2 Å². The Morgan fingerprint density at radius 3 is 2.81 bits per heavy atom. The Bertz CT molecular complexity index is 843. The maximum absolute atomic E-state index is 12.6. The first-order chi connectivity index (χ1) is 12.7. The fourth-order valence-electron chi connectivity index (χ4n) is 2.78. The summed E-state index contributed by atoms with van der Waals surface area (Å²) in [5, 5.41) is 13.0. The first-order valence-corrected chi connectivity index (χ1v) is 9.89. The summed E-state index contributed by atoms with van der Waals surface area (Å²) >= 11 is 8.91. The molecule has 12 heteroatoms. The monoisotopic (exact) mass is 431 g/mol. The Kier molecular flexibility index (Phi) is 5.36. The molecule has 4 N–H and O–H groups in total. The quantitative estimate of drug-likeness (QED) is 0.342. The number of carbonyl (C=O) groups is 4. The molecular weight excluding hydrogens is 418 g/mol. The van der Waals surface area contributed by atoms with Crippen LogP contribution in [-0.4, -0.2) is 56.6 Å². The third-order valence-corrected chi connectivity index (χ3v) is 6.79. The van der Waals surface area contributed by atoms with Crippen LogP contribution in [0.15, 0.2) is 28.8 Å². The van der Waals surface area contributed by atoms with Crippen LogP contribution in [0.25, 0.3) is 0 Å². The van der Waals surface area contributed by atoms with Crippen molar-refractivity contribution in [1.82, 2.24) is 10.2 Å². The Labute approximate surface area is 166 Å². The molecule has 3 amide bonds. The normalized spacial score (nSPS) is 24.1. The largest absolute Gasteiger partial charge is 0.477 e. The van der Waals surface area contributed by atoms with E-state index >= 15 is 0 Å². The molecule has 1 saturated heterocycles. The van der Waals surface area contributed by atoms with Crippen LogP contribution in [0.3, 0.4) is 0 Å². The zero-order valence-electron chi connectivity index (χ0n) is 13.6. The average molecular weight is 432 g/mol. The Morgan fingerprint density at radius 1 is 1.48 bits per heavy atom. The Morgan fingerprint density at radius 2 is 2.22 bits per heavy atom. The number of nitrogens with two attached hydrogens (primary N) is 1. The number of primary amides is 1. The van der Waals surface area contributed by atoms with Crippen molar-refractivity contribution in [1.29, 1.82) is 0 Å². The molecule has 3 heterocycles. The predicted molar refractivity (Wildman–Crippen MR) is 98.0 cm³/mol. The Hall–Kier alpha value is -2.24. The predicted octanol–water partition coefficient (Wildman–Crippen LogP) is 0.691. The van der Waals surface area contributed by atoms with Gasteiger partial charge in [0.2, 0.25) is 10.9 Å². The zero-order chi connectivity index (χ0) is 19.8. The number of amides is 3. The molecule has 2 atom stereocenters. The number of halogens is 1. The van der Waals surface area contributed by atoms with E-state index in [1.165, 1.54) is 11.3 Å². The van der Waals surface area contributed by atoms with Crippen molar-refractivity contribution in [2.24, 2.45) is 5.73 Å². The van der Waals surface area contributed by atoms with Crippen molar-refractivity contribution in [3.8, 4) is 0 Å². The fraction of sp³-hybridized carbons (Fsp3) is 0.333. The molecule has 3 rings (SSSR count). The smallest absolute Gasteiger partial charge is 0.404 e. The molecule has 0 bridgehead atoms. The lowest BCUT2D eigenvalue weighted by Crippen LogP contribution is -2.77. The van der Waals surface area contributed by atoms with Crippen LogP contribution in [0.1, 0.15) is 4.88 Å². The SMILES string of the molecule is NC(=O)OCC1=C(C(=O)O)N2C(=O)C(Cl)(NC(=O)Cc3cccs3)[C@@H]2SC1. The first-order valence-electron chi connectivity index (χ1n) is 7.59. The van der Waals surface area contributed by atoms with Gasteiger partial charge in [0.15, 0.2) is 0 Å². The number of rotatable bonds is 6. The van der Waals surface area contributed by atoms with E-state index in [9.17, 15) is 24.3 Å². The number of nitrogens with zero attached hydrogens (tertiary/aromatic N) is 1. The number of alkyl halides is 1. The van der Waals surface area contributed by atoms with Crippen LogP contribution in [0, 0.1) is 0 Å². The zero-order valence-corrected chi connectivity index (χ0v) is 16.0. The molecule has 1 unspecified atom stereocenters. The van der Waals surface area contributed by atoms with Gasteiger partial charge in [0.25, 0.3) is 5.91 Å². The molecule has 1 aromatic rings. The summed E-state index contributed by atoms with van der Waals surface area (Å²) in [5.74, 6) is -2.40. The highest BCUT2D eigenvalue weighted by Crippen LogP contribution is 2.48. The summed E-state index contributed by atoms with van der Waals surface area (Å²) in [5.41, 5.74) is 4.81. The molecular formula is C15H14ClN3O6S2. The summed E-state index contributed by atoms with van der Waals surface area (Å²) in [6, 6.07) is 3.59. The molecule has 0 spiro atoms. The average Bonchev–Trinajstić information content (AvgIpc) is 3.11. The van der Waals surface area contributed by atoms with Gasteiger partial charge in [0.05, 0.1) is 6.42 Å². The maximum Gasteiger partial charge on any atom is 0.404 e. The van der Waals surface area contributed by atoms with Crippen LogP contribution >= 0.6 is 34.7 Å². The summed E-state index contributed by atoms with van der Waals surface area (Å²) < 4.78 is 4.64. The van der Waals surface area contributed by atoms with E-state index in [1.54, 1.807) is 12.1 Å². The van der Waals surface area contributed by atoms with E-state index < -0.39 is 34.2 Å². The number of β-lactam (4-membered cyclic amide) rings is 1. The van der Waals surface area contributed by atoms with E-state index in [0.717, 1.165) is 21.5 Å². The second-order valence-electron chi connectivity index (χ2n) is 5.72. The highest BCUT2D eigenvalue weighted by Gasteiger charge is 2.65. The number of carboxylic acids is 1. The third-order valence-electron chi connectivity index (χ3n) is 3.92. The van der Waals surface area contributed by atoms with Gasteiger partial charge < -0.3 is 20.9 Å². The second kappa shape index (κ2) is 7.41. The number of thiophene rings is 1. The van der Waals surface area contributed by atoms with E-state index in [2.05, 4.69) is 10.1 Å². The van der Waals surface area contributed by atoms with Crippen molar-refractivity contribution < 1.29 is 29.0 Å². The number of hydrogen-bond acceptors (Lipinski definition) is 7. The van der Waals surface area contributed by atoms with Gasteiger partial charge >= 0.3 is 12.1 Å². The van der Waals surface area contributed by atoms with Crippen molar-refractivity contribution in [2.75, 3.05) is 12.4 Å². The second-order valence-corrected chi connectivity index (χ2v) is 8.42. The van der Waals surface area contributed by atoms with Gasteiger partial charge in [0.1, 0.15) is 17.7 Å². The van der Waals surface area contributed by atoms with Crippen LogP contribution < -0.4 is 11.1 Å². The lowest BCUT2D eigenvalue weighted by Gasteiger charge is -2.54. The number of thioether (sulfide) groups is 1. The fourth-order valence-corrected chi connectivity index (χ4v) is 5.29. The third kappa shape index (κ3) is 3.62. The summed E-state index contributed by atoms with van der Waals surface area (Å²) in [6.07, 6.45) is -0.988. The van der Waals surface area contributed by atoms with Gasteiger partial charge in [-0.1, -0.05) is 17.7 Å². The highest BCUT2D eigenvalue weighted by molar-refractivity contribution is 8.00. The molecule has 1 fully saturated rings. The van der Waals surface area contributed by atoms with E-state index in [0.29, 0.717) is 0 Å². The minimum atomic E-state index is -1.73. The van der Waals surface area contributed by atoms with E-state index in [-0.39, 0.29) is 30.1 Å². The number of aliphatic carboxylic acids is 1. The Balaban J connectivity index is 1.76. The molecule has 0 radical (unpaired) electrons. The van der Waals surface area contributed by atoms with Crippen LogP contribution in [0.5, 0.6) is 0 Å². The molecule has 0 aromatic carbocycles. The van der Waals surface area contributed by atoms with Crippen molar-refractivity contribution in [3.63, 3.8) is 0 Å². The summed E-state index contributed by atoms with van der Waals surface area (Å²) in [7, 11) is 0. The number of fused-ring (bicyclic) bond motifs is 1. The first kappa shape index (κ1) is 19.5. The van der Waals surface area contributed by atoms with Gasteiger partial charge in [-0.15, -0.1) is 23.1 Å². The lowest BCUT2D eigenvalue weighted by molar-refractivity contribution is -0.153. The topological polar surface area (TPSA) is 139 Å². The van der Waals surface area contributed by atoms with Crippen molar-refractivity contribution in [3.05, 3.63) is 33.7 Å². The number of carbonyl (C=O) groups excluding carboxylic acids is 3. The van der Waals surface area contributed by atoms with Crippen LogP contribution in [0.4, 0.5) is 4.79 Å². The molecule has 2 aliphatic heterocycles. The highest BCUT2D eigenvalue weighted by atomic mass is 35.5. The van der Waals surface area contributed by atoms with E-state index in [1.807, 2.05) is 5.38 Å². The minimum Gasteiger partial charge on any atom is -0.477 e. The summed E-state index contributed by atoms with van der Waals surface area (Å²) in [4.78, 5) is 47.3. The number of nitrogens with one attached hydrogen (secondary N) is 1. The maximum atomic E-state index is 12.6. The van der Waals surface area contributed by atoms with Crippen LogP contribution in [-0.2, 0) is 25.5 Å². The number of carboxylic acid groups (broad SMARTS) is 1. The van der Waals surface area contributed by atoms with Gasteiger partial charge in [-0.25, -0.2) is 9.59 Å². The molecule has 9 nitrogen and oxygen atoms in total. The van der Waals surface area contributed by atoms with Gasteiger partial charge in [-0.2, -0.15) is 0 Å². The molecule has 2 aliphatic rings. The molecule has 0 aliphatic carbocycles. The lowest BCUT2D eigenvalue weighted by atomic mass is 10.0. The van der Waals surface area contributed by atoms with Crippen molar-refractivity contribution in [2.45, 2.75) is 16.8 Å². The summed E-state index contributed by atoms with van der Waals surface area (Å²) in [6.45, 7) is -0.347. The molecule has 144 valence electrons. The van der Waals surface area contributed by atoms with Gasteiger partial charge in [-0.3, -0.25) is 14.5 Å². The molecule has 27 heavy (non-hydrogen) atoms. The van der Waals surface area contributed by atoms with Gasteiger partial charge in [-0.05, 0) is 11.4 Å². The minimum absolute atomic E-state index is 0.0656. The number of hydrogen-bond donors (Lipinski definition) is 3. The number of ether oxygens (including phenoxy) is 1. The molecule has 1 aromatic heterocycles. The molecule has 0 saturated carbocycles. The van der Waals surface area contributed by atoms with Crippen LogP contribution in [0.2, 0.25) is 0 Å². The standard InChI is InChI=1S/C15H14ClN3O6S2/c16-15(18-9(20)4-8-2-1-3-26-8)12(23)19-10(11(21)22)7(5-25-14(17)24)6-27-13(15)19/h1-3,13H,4-6H2,(H2,17,24)(H,18,20)(H,21,22)/t13-,15?/m0/s1. The van der Waals surface area contributed by atoms with E-state index in [4.69, 9.17) is 17.3 Å². The van der Waals surface area contributed by atoms with Crippen molar-refractivity contribution >= 4 is 58.6 Å².